The predicted molar refractivity (Wildman–Crippen MR) is 147 cm³/mol. The molecule has 4 aromatic heterocycles. The molecule has 0 bridgehead atoms. The summed E-state index contributed by atoms with van der Waals surface area (Å²) in [6, 6.07) is 2.08. The van der Waals surface area contributed by atoms with E-state index in [4.69, 9.17) is 14.5 Å². The molecule has 11 heteroatoms. The summed E-state index contributed by atoms with van der Waals surface area (Å²) in [5.41, 5.74) is 2.89. The van der Waals surface area contributed by atoms with E-state index in [2.05, 4.69) is 35.3 Å². The lowest BCUT2D eigenvalue weighted by molar-refractivity contribution is -0.0630. The summed E-state index contributed by atoms with van der Waals surface area (Å²) < 4.78 is 17.3. The minimum atomic E-state index is -0.774. The van der Waals surface area contributed by atoms with Crippen molar-refractivity contribution in [2.45, 2.75) is 91.3 Å². The highest BCUT2D eigenvalue weighted by Gasteiger charge is 2.45. The molecule has 0 N–H and O–H groups in total. The Labute approximate surface area is 228 Å². The van der Waals surface area contributed by atoms with Crippen LogP contribution in [0.5, 0.6) is 0 Å². The second-order valence-corrected chi connectivity index (χ2v) is 11.5. The lowest BCUT2D eigenvalue weighted by Gasteiger charge is -2.35. The lowest BCUT2D eigenvalue weighted by Crippen LogP contribution is -2.50. The van der Waals surface area contributed by atoms with E-state index in [1.165, 1.54) is 0 Å². The minimum absolute atomic E-state index is 0.226. The molecular formula is C28H38N8O3. The van der Waals surface area contributed by atoms with Crippen LogP contribution in [0.25, 0.3) is 28.0 Å². The maximum Gasteiger partial charge on any atom is 0.412 e. The quantitative estimate of drug-likeness (QED) is 0.321. The molecule has 11 nitrogen and oxygen atoms in total. The second-order valence-electron chi connectivity index (χ2n) is 11.5. The first kappa shape index (κ1) is 26.9. The molecule has 1 fully saturated rings. The first-order valence-corrected chi connectivity index (χ1v) is 13.6. The Kier molecular flexibility index (Phi) is 6.96. The molecule has 1 unspecified atom stereocenters. The molecule has 0 saturated carbocycles. The van der Waals surface area contributed by atoms with Crippen LogP contribution in [-0.2, 0) is 16.0 Å². The van der Waals surface area contributed by atoms with Crippen LogP contribution < -0.4 is 0 Å². The zero-order valence-corrected chi connectivity index (χ0v) is 23.8. The molecule has 1 aliphatic rings. The first-order valence-electron chi connectivity index (χ1n) is 13.6. The summed E-state index contributed by atoms with van der Waals surface area (Å²) in [5.74, 6) is 0. The van der Waals surface area contributed by atoms with Crippen molar-refractivity contribution in [1.82, 2.24) is 39.1 Å². The molecule has 0 spiro atoms. The van der Waals surface area contributed by atoms with Gasteiger partial charge in [0.2, 0.25) is 0 Å². The fraction of sp³-hybridized carbons (Fsp3) is 0.536. The number of carbonyl (C=O) groups excluding carboxylic acids is 1. The SMILES string of the molecule is CCC(CC)n1cc(-c2nc(-c3cnn(CC4COC(C)(C)N4C(=O)OC(C)(C)C)c3)cn3nccc23)cn1. The van der Waals surface area contributed by atoms with Crippen LogP contribution in [0.1, 0.15) is 67.3 Å². The summed E-state index contributed by atoms with van der Waals surface area (Å²) in [6.45, 7) is 14.5. The van der Waals surface area contributed by atoms with E-state index >= 15 is 0 Å². The van der Waals surface area contributed by atoms with Gasteiger partial charge in [-0.15, -0.1) is 0 Å². The van der Waals surface area contributed by atoms with Crippen molar-refractivity contribution in [3.63, 3.8) is 0 Å². The fourth-order valence-corrected chi connectivity index (χ4v) is 5.11. The topological polar surface area (TPSA) is 105 Å². The Morgan fingerprint density at radius 3 is 2.56 bits per heavy atom. The highest BCUT2D eigenvalue weighted by molar-refractivity contribution is 5.78. The molecule has 4 aromatic rings. The number of rotatable bonds is 7. The van der Waals surface area contributed by atoms with E-state index in [0.29, 0.717) is 19.2 Å². The van der Waals surface area contributed by atoms with Crippen molar-refractivity contribution in [2.24, 2.45) is 0 Å². The number of amides is 1. The van der Waals surface area contributed by atoms with Crippen molar-refractivity contribution in [1.29, 1.82) is 0 Å². The molecule has 39 heavy (non-hydrogen) atoms. The van der Waals surface area contributed by atoms with E-state index in [1.807, 2.05) is 73.2 Å². The van der Waals surface area contributed by atoms with Gasteiger partial charge in [-0.25, -0.2) is 14.3 Å². The largest absolute Gasteiger partial charge is 0.444 e. The monoisotopic (exact) mass is 534 g/mol. The van der Waals surface area contributed by atoms with Crippen LogP contribution >= 0.6 is 0 Å². The van der Waals surface area contributed by atoms with Gasteiger partial charge in [-0.1, -0.05) is 13.8 Å². The number of aromatic nitrogens is 7. The molecular weight excluding hydrogens is 496 g/mol. The third-order valence-electron chi connectivity index (χ3n) is 7.07. The minimum Gasteiger partial charge on any atom is -0.444 e. The molecule has 208 valence electrons. The van der Waals surface area contributed by atoms with Crippen molar-refractivity contribution < 1.29 is 14.3 Å². The van der Waals surface area contributed by atoms with Gasteiger partial charge < -0.3 is 9.47 Å². The van der Waals surface area contributed by atoms with Crippen LogP contribution in [0.3, 0.4) is 0 Å². The first-order chi connectivity index (χ1) is 18.5. The maximum absolute atomic E-state index is 13.0. The number of hydrogen-bond acceptors (Lipinski definition) is 7. The molecule has 1 amide bonds. The van der Waals surface area contributed by atoms with Crippen LogP contribution in [-0.4, -0.2) is 69.1 Å². The van der Waals surface area contributed by atoms with Gasteiger partial charge in [-0.05, 0) is 53.5 Å². The highest BCUT2D eigenvalue weighted by atomic mass is 16.6. The summed E-state index contributed by atoms with van der Waals surface area (Å²) in [5, 5.41) is 13.7. The Balaban J connectivity index is 1.42. The van der Waals surface area contributed by atoms with E-state index < -0.39 is 17.4 Å². The summed E-state index contributed by atoms with van der Waals surface area (Å²) >= 11 is 0. The van der Waals surface area contributed by atoms with Crippen molar-refractivity contribution >= 4 is 11.6 Å². The van der Waals surface area contributed by atoms with E-state index in [1.54, 1.807) is 17.3 Å². The number of fused-ring (bicyclic) bond motifs is 1. The van der Waals surface area contributed by atoms with Gasteiger partial charge in [-0.2, -0.15) is 15.3 Å². The zero-order valence-electron chi connectivity index (χ0n) is 23.8. The van der Waals surface area contributed by atoms with Crippen LogP contribution in [0, 0.1) is 0 Å². The molecule has 0 aliphatic carbocycles. The summed E-state index contributed by atoms with van der Waals surface area (Å²) in [4.78, 5) is 19.7. The third-order valence-corrected chi connectivity index (χ3v) is 7.07. The summed E-state index contributed by atoms with van der Waals surface area (Å²) in [6.07, 6.45) is 13.0. The second kappa shape index (κ2) is 10.1. The van der Waals surface area contributed by atoms with Crippen molar-refractivity contribution in [3.05, 3.63) is 43.2 Å². The predicted octanol–water partition coefficient (Wildman–Crippen LogP) is 5.19. The third kappa shape index (κ3) is 5.40. The Bertz CT molecular complexity index is 1460. The van der Waals surface area contributed by atoms with Crippen LogP contribution in [0.15, 0.2) is 43.2 Å². The van der Waals surface area contributed by atoms with Gasteiger partial charge in [0.15, 0.2) is 0 Å². The van der Waals surface area contributed by atoms with Crippen LogP contribution in [0.2, 0.25) is 0 Å². The van der Waals surface area contributed by atoms with Gasteiger partial charge in [0.1, 0.15) is 11.3 Å². The Morgan fingerprint density at radius 1 is 1.10 bits per heavy atom. The Morgan fingerprint density at radius 2 is 1.85 bits per heavy atom. The average Bonchev–Trinajstić information content (AvgIpc) is 3.65. The Hall–Kier alpha value is -3.73. The lowest BCUT2D eigenvalue weighted by atomic mass is 10.1. The van der Waals surface area contributed by atoms with Gasteiger partial charge in [0.05, 0.1) is 66.9 Å². The van der Waals surface area contributed by atoms with Crippen LogP contribution in [0.4, 0.5) is 4.79 Å². The van der Waals surface area contributed by atoms with Gasteiger partial charge in [0, 0.05) is 23.5 Å². The number of ether oxygens (including phenoxy) is 2. The van der Waals surface area contributed by atoms with Gasteiger partial charge in [-0.3, -0.25) is 14.3 Å². The molecule has 0 radical (unpaired) electrons. The van der Waals surface area contributed by atoms with E-state index in [-0.39, 0.29) is 6.04 Å². The number of hydrogen-bond donors (Lipinski definition) is 0. The van der Waals surface area contributed by atoms with Gasteiger partial charge in [0.25, 0.3) is 0 Å². The van der Waals surface area contributed by atoms with Crippen molar-refractivity contribution in [3.8, 4) is 22.5 Å². The molecule has 5 rings (SSSR count). The molecule has 1 atom stereocenters. The molecule has 1 aliphatic heterocycles. The number of nitrogens with zero attached hydrogens (tertiary/aromatic N) is 8. The zero-order chi connectivity index (χ0) is 27.9. The molecule has 1 saturated heterocycles. The maximum atomic E-state index is 13.0. The van der Waals surface area contributed by atoms with E-state index in [9.17, 15) is 4.79 Å². The molecule has 0 aromatic carbocycles. The number of carbonyl (C=O) groups is 1. The fourth-order valence-electron chi connectivity index (χ4n) is 5.11. The van der Waals surface area contributed by atoms with Gasteiger partial charge >= 0.3 is 6.09 Å². The van der Waals surface area contributed by atoms with Crippen molar-refractivity contribution in [2.75, 3.05) is 6.61 Å². The summed E-state index contributed by atoms with van der Waals surface area (Å²) in [7, 11) is 0. The highest BCUT2D eigenvalue weighted by Crippen LogP contribution is 2.31. The average molecular weight is 535 g/mol. The smallest absolute Gasteiger partial charge is 0.412 e. The standard InChI is InChI=1S/C28H38N8O3/c1-8-21(9-2)34-15-20(13-31-34)25-24-10-11-29-35(24)17-23(32-25)19-12-30-33(14-19)16-22-18-38-28(6,7)36(22)26(37)39-27(3,4)5/h10-15,17,21-22H,8-9,16,18H2,1-7H3. The van der Waals surface area contributed by atoms with E-state index in [0.717, 1.165) is 40.9 Å². The normalized spacial score (nSPS) is 17.4. The molecule has 5 heterocycles.